The number of hydrogen-bond acceptors (Lipinski definition) is 1. The highest BCUT2D eigenvalue weighted by atomic mass is 79.9. The molecule has 0 atom stereocenters. The van der Waals surface area contributed by atoms with E-state index in [1.807, 2.05) is 0 Å². The summed E-state index contributed by atoms with van der Waals surface area (Å²) >= 11 is 3.36. The fourth-order valence-electron chi connectivity index (χ4n) is 1.38. The zero-order valence-corrected chi connectivity index (χ0v) is 12.3. The van der Waals surface area contributed by atoms with E-state index in [4.69, 9.17) is 5.73 Å². The van der Waals surface area contributed by atoms with E-state index >= 15 is 0 Å². The first-order valence-electron chi connectivity index (χ1n) is 5.96. The highest BCUT2D eigenvalue weighted by Gasteiger charge is 2.01. The van der Waals surface area contributed by atoms with Gasteiger partial charge in [-0.25, -0.2) is 9.38 Å². The van der Waals surface area contributed by atoms with Crippen molar-refractivity contribution in [1.29, 1.82) is 0 Å². The molecule has 5 heteroatoms. The molecule has 0 saturated heterocycles. The summed E-state index contributed by atoms with van der Waals surface area (Å²) in [6.45, 7) is 5.47. The van der Waals surface area contributed by atoms with Gasteiger partial charge < -0.3 is 11.1 Å². The third kappa shape index (κ3) is 5.49. The minimum atomic E-state index is -0.269. The molecule has 0 aliphatic heterocycles. The van der Waals surface area contributed by atoms with Crippen LogP contribution in [-0.2, 0) is 6.54 Å². The number of aliphatic imine (C=N–C) groups is 1. The fourth-order valence-corrected chi connectivity index (χ4v) is 1.75. The van der Waals surface area contributed by atoms with Crippen LogP contribution in [0.2, 0.25) is 0 Å². The quantitative estimate of drug-likeness (QED) is 0.648. The Morgan fingerprint density at radius 2 is 2.22 bits per heavy atom. The lowest BCUT2D eigenvalue weighted by Crippen LogP contribution is -2.32. The van der Waals surface area contributed by atoms with Crippen LogP contribution in [0.5, 0.6) is 0 Å². The van der Waals surface area contributed by atoms with Crippen molar-refractivity contribution in [2.45, 2.75) is 26.8 Å². The van der Waals surface area contributed by atoms with Gasteiger partial charge in [-0.05, 0) is 36.1 Å². The number of hydrogen-bond donors (Lipinski definition) is 2. The second-order valence-electron chi connectivity index (χ2n) is 4.55. The Labute approximate surface area is 116 Å². The molecule has 0 unspecified atom stereocenters. The first-order valence-corrected chi connectivity index (χ1v) is 6.76. The molecular weight excluding hydrogens is 297 g/mol. The van der Waals surface area contributed by atoms with E-state index in [1.54, 1.807) is 6.07 Å². The predicted molar refractivity (Wildman–Crippen MR) is 76.9 cm³/mol. The fraction of sp³-hybridized carbons (Fsp3) is 0.462. The molecule has 3 N–H and O–H groups in total. The van der Waals surface area contributed by atoms with Crippen molar-refractivity contribution in [3.05, 3.63) is 34.1 Å². The predicted octanol–water partition coefficient (Wildman–Crippen LogP) is 3.04. The second kappa shape index (κ2) is 7.36. The highest BCUT2D eigenvalue weighted by Crippen LogP contribution is 2.18. The zero-order valence-electron chi connectivity index (χ0n) is 10.7. The molecule has 0 fully saturated rings. The maximum atomic E-state index is 13.0. The van der Waals surface area contributed by atoms with Crippen LogP contribution >= 0.6 is 15.9 Å². The van der Waals surface area contributed by atoms with Gasteiger partial charge in [0.15, 0.2) is 5.96 Å². The molecule has 0 amide bonds. The third-order valence-corrected chi connectivity index (χ3v) is 3.23. The number of guanidine groups is 1. The minimum Gasteiger partial charge on any atom is -0.370 e. The van der Waals surface area contributed by atoms with Gasteiger partial charge in [0.1, 0.15) is 5.82 Å². The van der Waals surface area contributed by atoms with E-state index in [9.17, 15) is 4.39 Å². The number of benzene rings is 1. The molecule has 0 heterocycles. The van der Waals surface area contributed by atoms with Gasteiger partial charge in [0.25, 0.3) is 0 Å². The Kier molecular flexibility index (Phi) is 6.12. The van der Waals surface area contributed by atoms with Crippen molar-refractivity contribution >= 4 is 21.9 Å². The van der Waals surface area contributed by atoms with Gasteiger partial charge >= 0.3 is 0 Å². The Morgan fingerprint density at radius 3 is 2.89 bits per heavy atom. The SMILES string of the molecule is CC(C)CCNC(N)=NCc1cc(F)ccc1Br. The van der Waals surface area contributed by atoms with Crippen LogP contribution in [0.25, 0.3) is 0 Å². The smallest absolute Gasteiger partial charge is 0.188 e. The molecule has 0 spiro atoms. The van der Waals surface area contributed by atoms with E-state index in [0.717, 1.165) is 23.0 Å². The number of nitrogens with one attached hydrogen (secondary N) is 1. The summed E-state index contributed by atoms with van der Waals surface area (Å²) in [5, 5.41) is 3.04. The molecule has 18 heavy (non-hydrogen) atoms. The molecule has 0 radical (unpaired) electrons. The summed E-state index contributed by atoms with van der Waals surface area (Å²) < 4.78 is 13.9. The van der Waals surface area contributed by atoms with E-state index in [0.29, 0.717) is 18.4 Å². The average molecular weight is 316 g/mol. The molecule has 0 bridgehead atoms. The molecule has 3 nitrogen and oxygen atoms in total. The molecular formula is C13H19BrFN3. The summed E-state index contributed by atoms with van der Waals surface area (Å²) in [4.78, 5) is 4.18. The molecule has 1 aromatic carbocycles. The molecule has 0 aliphatic carbocycles. The first kappa shape index (κ1) is 15.0. The van der Waals surface area contributed by atoms with Crippen LogP contribution < -0.4 is 11.1 Å². The standard InChI is InChI=1S/C13H19BrFN3/c1-9(2)5-6-17-13(16)18-8-10-7-11(15)3-4-12(10)14/h3-4,7,9H,5-6,8H2,1-2H3,(H3,16,17,18). The van der Waals surface area contributed by atoms with E-state index in [2.05, 4.69) is 40.1 Å². The van der Waals surface area contributed by atoms with Crippen molar-refractivity contribution in [1.82, 2.24) is 5.32 Å². The lowest BCUT2D eigenvalue weighted by molar-refractivity contribution is 0.576. The van der Waals surface area contributed by atoms with Crippen LogP contribution in [0.3, 0.4) is 0 Å². The van der Waals surface area contributed by atoms with E-state index < -0.39 is 0 Å². The van der Waals surface area contributed by atoms with E-state index in [1.165, 1.54) is 12.1 Å². The monoisotopic (exact) mass is 315 g/mol. The number of halogens is 2. The molecule has 0 aromatic heterocycles. The summed E-state index contributed by atoms with van der Waals surface area (Å²) in [5.74, 6) is 0.754. The summed E-state index contributed by atoms with van der Waals surface area (Å²) in [5.41, 5.74) is 6.51. The number of rotatable bonds is 5. The normalized spacial score (nSPS) is 11.9. The lowest BCUT2D eigenvalue weighted by atomic mass is 10.1. The summed E-state index contributed by atoms with van der Waals surface area (Å²) in [6.07, 6.45) is 1.04. The Bertz CT molecular complexity index is 419. The summed E-state index contributed by atoms with van der Waals surface area (Å²) in [6, 6.07) is 4.53. The largest absolute Gasteiger partial charge is 0.370 e. The average Bonchev–Trinajstić information content (AvgIpc) is 2.30. The third-order valence-electron chi connectivity index (χ3n) is 2.46. The van der Waals surface area contributed by atoms with Gasteiger partial charge in [-0.1, -0.05) is 29.8 Å². The molecule has 1 rings (SSSR count). The Hall–Kier alpha value is -1.10. The Balaban J connectivity index is 2.49. The maximum Gasteiger partial charge on any atom is 0.188 e. The topological polar surface area (TPSA) is 50.4 Å². The number of nitrogens with zero attached hydrogens (tertiary/aromatic N) is 1. The molecule has 1 aromatic rings. The van der Waals surface area contributed by atoms with Crippen LogP contribution in [0.4, 0.5) is 4.39 Å². The highest BCUT2D eigenvalue weighted by molar-refractivity contribution is 9.10. The second-order valence-corrected chi connectivity index (χ2v) is 5.40. The van der Waals surface area contributed by atoms with Crippen molar-refractivity contribution in [2.75, 3.05) is 6.54 Å². The van der Waals surface area contributed by atoms with Crippen molar-refractivity contribution < 1.29 is 4.39 Å². The number of nitrogens with two attached hydrogens (primary N) is 1. The van der Waals surface area contributed by atoms with Gasteiger partial charge in [-0.15, -0.1) is 0 Å². The first-order chi connectivity index (χ1) is 8.49. The molecule has 0 saturated carbocycles. The molecule has 0 aliphatic rings. The van der Waals surface area contributed by atoms with E-state index in [-0.39, 0.29) is 5.82 Å². The van der Waals surface area contributed by atoms with Gasteiger partial charge in [-0.2, -0.15) is 0 Å². The maximum absolute atomic E-state index is 13.0. The van der Waals surface area contributed by atoms with Crippen LogP contribution in [-0.4, -0.2) is 12.5 Å². The minimum absolute atomic E-state index is 0.269. The van der Waals surface area contributed by atoms with Crippen LogP contribution in [0, 0.1) is 11.7 Å². The zero-order chi connectivity index (χ0) is 13.5. The van der Waals surface area contributed by atoms with Crippen molar-refractivity contribution in [3.63, 3.8) is 0 Å². The van der Waals surface area contributed by atoms with Gasteiger partial charge in [-0.3, -0.25) is 0 Å². The lowest BCUT2D eigenvalue weighted by Gasteiger charge is -2.08. The van der Waals surface area contributed by atoms with Crippen molar-refractivity contribution in [2.24, 2.45) is 16.6 Å². The van der Waals surface area contributed by atoms with Crippen LogP contribution in [0.1, 0.15) is 25.8 Å². The van der Waals surface area contributed by atoms with Gasteiger partial charge in [0, 0.05) is 11.0 Å². The van der Waals surface area contributed by atoms with Crippen molar-refractivity contribution in [3.8, 4) is 0 Å². The van der Waals surface area contributed by atoms with Crippen LogP contribution in [0.15, 0.2) is 27.7 Å². The molecule has 100 valence electrons. The Morgan fingerprint density at radius 1 is 1.50 bits per heavy atom. The summed E-state index contributed by atoms with van der Waals surface area (Å²) in [7, 11) is 0. The van der Waals surface area contributed by atoms with Gasteiger partial charge in [0.05, 0.1) is 6.54 Å². The van der Waals surface area contributed by atoms with Gasteiger partial charge in [0.2, 0.25) is 0 Å².